The third-order valence-corrected chi connectivity index (χ3v) is 6.22. The number of amides is 1. The fourth-order valence-corrected chi connectivity index (χ4v) is 4.61. The topological polar surface area (TPSA) is 71.3 Å². The Balaban J connectivity index is 1.53. The second kappa shape index (κ2) is 7.02. The number of likely N-dealkylation sites (tertiary alicyclic amines) is 1. The molecule has 0 saturated carbocycles. The zero-order chi connectivity index (χ0) is 19.1. The number of aromatic nitrogens is 2. The van der Waals surface area contributed by atoms with Crippen LogP contribution >= 0.6 is 0 Å². The number of hydrogen-bond donors (Lipinski definition) is 1. The van der Waals surface area contributed by atoms with Crippen LogP contribution < -0.4 is 5.32 Å². The number of nitrogens with one attached hydrogen (secondary N) is 1. The number of pyridine rings is 1. The van der Waals surface area contributed by atoms with Crippen LogP contribution in [0.4, 0.5) is 0 Å². The zero-order valence-corrected chi connectivity index (χ0v) is 16.0. The van der Waals surface area contributed by atoms with Gasteiger partial charge >= 0.3 is 0 Å². The van der Waals surface area contributed by atoms with Crippen molar-refractivity contribution in [3.05, 3.63) is 47.7 Å². The van der Waals surface area contributed by atoms with E-state index in [2.05, 4.69) is 15.5 Å². The van der Waals surface area contributed by atoms with Crippen molar-refractivity contribution in [2.24, 2.45) is 11.8 Å². The van der Waals surface area contributed by atoms with Gasteiger partial charge in [0.15, 0.2) is 0 Å². The summed E-state index contributed by atoms with van der Waals surface area (Å²) >= 11 is 0. The summed E-state index contributed by atoms with van der Waals surface area (Å²) in [4.78, 5) is 20.2. The first-order valence-corrected chi connectivity index (χ1v) is 10.0. The molecule has 2 aromatic heterocycles. The maximum absolute atomic E-state index is 13.5. The first-order chi connectivity index (χ1) is 13.7. The Morgan fingerprint density at radius 3 is 2.57 bits per heavy atom. The second-order valence-corrected chi connectivity index (χ2v) is 7.92. The monoisotopic (exact) mass is 376 g/mol. The highest BCUT2D eigenvalue weighted by Gasteiger charge is 2.32. The van der Waals surface area contributed by atoms with Gasteiger partial charge in [0.2, 0.25) is 0 Å². The Hall–Kier alpha value is -2.73. The Morgan fingerprint density at radius 1 is 1.14 bits per heavy atom. The summed E-state index contributed by atoms with van der Waals surface area (Å²) in [5.74, 6) is 1.43. The van der Waals surface area contributed by atoms with Gasteiger partial charge in [-0.05, 0) is 50.8 Å². The third kappa shape index (κ3) is 2.98. The molecule has 1 N–H and O–H groups in total. The number of carbonyl (C=O) groups is 1. The van der Waals surface area contributed by atoms with Gasteiger partial charge in [0, 0.05) is 18.7 Å². The predicted molar refractivity (Wildman–Crippen MR) is 107 cm³/mol. The van der Waals surface area contributed by atoms with Gasteiger partial charge in [-0.15, -0.1) is 0 Å². The standard InChI is InChI=1S/C22H24N4O2/c1-14-20-18(22(27)26-9-7-16-12-23-13-17(16)8-10-26)11-19(24-21(20)28-25-14)15-5-3-2-4-6-15/h2-6,11,16-17,23H,7-10,12-13H2,1H3/t16-,17+. The lowest BCUT2D eigenvalue weighted by molar-refractivity contribution is 0.0760. The van der Waals surface area contributed by atoms with Crippen LogP contribution in [0.3, 0.4) is 0 Å². The molecule has 0 bridgehead atoms. The minimum Gasteiger partial charge on any atom is -0.339 e. The minimum absolute atomic E-state index is 0.0591. The fourth-order valence-electron chi connectivity index (χ4n) is 4.61. The number of carbonyl (C=O) groups excluding carboxylic acids is 1. The summed E-state index contributed by atoms with van der Waals surface area (Å²) < 4.78 is 5.43. The van der Waals surface area contributed by atoms with Crippen molar-refractivity contribution in [3.63, 3.8) is 0 Å². The predicted octanol–water partition coefficient (Wildman–Crippen LogP) is 3.27. The highest BCUT2D eigenvalue weighted by Crippen LogP contribution is 2.31. The molecular weight excluding hydrogens is 352 g/mol. The van der Waals surface area contributed by atoms with E-state index < -0.39 is 0 Å². The van der Waals surface area contributed by atoms with Crippen LogP contribution in [0.2, 0.25) is 0 Å². The van der Waals surface area contributed by atoms with Gasteiger partial charge in [0.05, 0.1) is 22.3 Å². The first kappa shape index (κ1) is 17.4. The number of aryl methyl sites for hydroxylation is 1. The van der Waals surface area contributed by atoms with Crippen molar-refractivity contribution in [2.75, 3.05) is 26.2 Å². The van der Waals surface area contributed by atoms with E-state index >= 15 is 0 Å². The Bertz CT molecular complexity index is 1000. The van der Waals surface area contributed by atoms with Gasteiger partial charge in [0.25, 0.3) is 11.6 Å². The van der Waals surface area contributed by atoms with E-state index in [4.69, 9.17) is 4.52 Å². The molecule has 2 aliphatic heterocycles. The van der Waals surface area contributed by atoms with Crippen LogP contribution in [-0.4, -0.2) is 47.1 Å². The number of nitrogens with zero attached hydrogens (tertiary/aromatic N) is 3. The highest BCUT2D eigenvalue weighted by atomic mass is 16.5. The maximum atomic E-state index is 13.5. The summed E-state index contributed by atoms with van der Waals surface area (Å²) in [6.07, 6.45) is 2.12. The molecule has 6 nitrogen and oxygen atoms in total. The van der Waals surface area contributed by atoms with Crippen LogP contribution in [-0.2, 0) is 0 Å². The lowest BCUT2D eigenvalue weighted by Gasteiger charge is -2.21. The summed E-state index contributed by atoms with van der Waals surface area (Å²) in [6.45, 7) is 5.63. The average molecular weight is 376 g/mol. The average Bonchev–Trinajstić information content (AvgIpc) is 3.29. The molecule has 0 spiro atoms. The van der Waals surface area contributed by atoms with Crippen LogP contribution in [0, 0.1) is 18.8 Å². The van der Waals surface area contributed by atoms with Crippen molar-refractivity contribution >= 4 is 17.0 Å². The normalized spacial score (nSPS) is 22.2. The molecule has 2 atom stereocenters. The Labute approximate surface area is 163 Å². The molecule has 28 heavy (non-hydrogen) atoms. The molecule has 144 valence electrons. The Morgan fingerprint density at radius 2 is 1.86 bits per heavy atom. The molecule has 1 amide bonds. The molecular formula is C22H24N4O2. The second-order valence-electron chi connectivity index (χ2n) is 7.92. The van der Waals surface area contributed by atoms with E-state index in [1.807, 2.05) is 48.2 Å². The SMILES string of the molecule is Cc1noc2nc(-c3ccccc3)cc(C(=O)N3CC[C@@H]4CNC[C@@H]4CC3)c12. The molecule has 0 aliphatic carbocycles. The minimum atomic E-state index is 0.0591. The highest BCUT2D eigenvalue weighted by molar-refractivity contribution is 6.07. The molecule has 1 aromatic carbocycles. The van der Waals surface area contributed by atoms with Crippen molar-refractivity contribution in [1.82, 2.24) is 20.4 Å². The van der Waals surface area contributed by atoms with E-state index in [1.54, 1.807) is 0 Å². The van der Waals surface area contributed by atoms with Gasteiger partial charge in [0.1, 0.15) is 0 Å². The van der Waals surface area contributed by atoms with Crippen LogP contribution in [0.15, 0.2) is 40.9 Å². The van der Waals surface area contributed by atoms with Crippen molar-refractivity contribution < 1.29 is 9.32 Å². The lowest BCUT2D eigenvalue weighted by Crippen LogP contribution is -2.33. The summed E-state index contributed by atoms with van der Waals surface area (Å²) in [7, 11) is 0. The number of hydrogen-bond acceptors (Lipinski definition) is 5. The van der Waals surface area contributed by atoms with Crippen LogP contribution in [0.5, 0.6) is 0 Å². The molecule has 2 saturated heterocycles. The van der Waals surface area contributed by atoms with E-state index in [0.717, 1.165) is 55.7 Å². The van der Waals surface area contributed by atoms with Gasteiger partial charge in [-0.25, -0.2) is 4.98 Å². The van der Waals surface area contributed by atoms with Gasteiger partial charge in [-0.3, -0.25) is 4.79 Å². The molecule has 0 unspecified atom stereocenters. The van der Waals surface area contributed by atoms with Crippen LogP contribution in [0.25, 0.3) is 22.4 Å². The van der Waals surface area contributed by atoms with E-state index in [0.29, 0.717) is 28.8 Å². The number of fused-ring (bicyclic) bond motifs is 2. The Kier molecular flexibility index (Phi) is 4.36. The van der Waals surface area contributed by atoms with Gasteiger partial charge in [-0.2, -0.15) is 0 Å². The van der Waals surface area contributed by atoms with Crippen LogP contribution in [0.1, 0.15) is 28.9 Å². The van der Waals surface area contributed by atoms with Gasteiger partial charge in [-0.1, -0.05) is 35.5 Å². The largest absolute Gasteiger partial charge is 0.339 e. The van der Waals surface area contributed by atoms with Crippen molar-refractivity contribution in [2.45, 2.75) is 19.8 Å². The lowest BCUT2D eigenvalue weighted by atomic mass is 9.92. The quantitative estimate of drug-likeness (QED) is 0.743. The van der Waals surface area contributed by atoms with E-state index in [9.17, 15) is 4.79 Å². The molecule has 3 aromatic rings. The molecule has 2 fully saturated rings. The maximum Gasteiger partial charge on any atom is 0.259 e. The van der Waals surface area contributed by atoms with E-state index in [-0.39, 0.29) is 5.91 Å². The summed E-state index contributed by atoms with van der Waals surface area (Å²) in [6, 6.07) is 11.8. The zero-order valence-electron chi connectivity index (χ0n) is 16.0. The van der Waals surface area contributed by atoms with E-state index in [1.165, 1.54) is 0 Å². The summed E-state index contributed by atoms with van der Waals surface area (Å²) in [5.41, 5.74) is 3.49. The fraction of sp³-hybridized carbons (Fsp3) is 0.409. The number of benzene rings is 1. The van der Waals surface area contributed by atoms with Crippen molar-refractivity contribution in [1.29, 1.82) is 0 Å². The molecule has 2 aliphatic rings. The van der Waals surface area contributed by atoms with Crippen molar-refractivity contribution in [3.8, 4) is 11.3 Å². The molecule has 6 heteroatoms. The first-order valence-electron chi connectivity index (χ1n) is 10.0. The molecule has 0 radical (unpaired) electrons. The summed E-state index contributed by atoms with van der Waals surface area (Å²) in [5, 5.41) is 8.29. The third-order valence-electron chi connectivity index (χ3n) is 6.22. The van der Waals surface area contributed by atoms with Gasteiger partial charge < -0.3 is 14.7 Å². The number of rotatable bonds is 2. The molecule has 5 rings (SSSR count). The molecule has 4 heterocycles. The smallest absolute Gasteiger partial charge is 0.259 e.